The molecule has 2 aliphatic heterocycles. The molecule has 2 saturated heterocycles. The van der Waals surface area contributed by atoms with Crippen LogP contribution in [0.5, 0.6) is 0 Å². The highest BCUT2D eigenvalue weighted by atomic mass is 16.6. The van der Waals surface area contributed by atoms with Gasteiger partial charge in [-0.15, -0.1) is 0 Å². The first-order valence-electron chi connectivity index (χ1n) is 8.92. The minimum Gasteiger partial charge on any atom is -0.480 e. The van der Waals surface area contributed by atoms with Gasteiger partial charge in [0.05, 0.1) is 0 Å². The third-order valence-electron chi connectivity index (χ3n) is 5.03. The summed E-state index contributed by atoms with van der Waals surface area (Å²) >= 11 is 0. The summed E-state index contributed by atoms with van der Waals surface area (Å²) < 4.78 is 5.38. The van der Waals surface area contributed by atoms with Crippen LogP contribution in [0.3, 0.4) is 0 Å². The molecule has 2 heterocycles. The number of likely N-dealkylation sites (tertiary alicyclic amines) is 2. The zero-order valence-electron chi connectivity index (χ0n) is 15.7. The van der Waals surface area contributed by atoms with Gasteiger partial charge in [0.2, 0.25) is 0 Å². The van der Waals surface area contributed by atoms with Crippen LogP contribution in [0.15, 0.2) is 0 Å². The minimum absolute atomic E-state index is 0.194. The van der Waals surface area contributed by atoms with Crippen molar-refractivity contribution in [1.29, 1.82) is 0 Å². The first-order chi connectivity index (χ1) is 11.0. The van der Waals surface area contributed by atoms with Crippen LogP contribution in [0.25, 0.3) is 0 Å². The lowest BCUT2D eigenvalue weighted by Gasteiger charge is -2.37. The summed E-state index contributed by atoms with van der Waals surface area (Å²) in [5.41, 5.74) is -0.213. The number of hydrogen-bond donors (Lipinski definition) is 1. The highest BCUT2D eigenvalue weighted by Crippen LogP contribution is 2.32. The van der Waals surface area contributed by atoms with Crippen LogP contribution in [0.2, 0.25) is 0 Å². The number of aliphatic carboxylic acids is 1. The van der Waals surface area contributed by atoms with E-state index in [0.717, 1.165) is 32.5 Å². The van der Waals surface area contributed by atoms with Crippen molar-refractivity contribution in [1.82, 2.24) is 9.80 Å². The Kier molecular flexibility index (Phi) is 5.47. The molecule has 6 nitrogen and oxygen atoms in total. The van der Waals surface area contributed by atoms with E-state index in [1.54, 1.807) is 20.8 Å². The minimum atomic E-state index is -0.942. The monoisotopic (exact) mass is 340 g/mol. The number of carboxylic acids is 1. The number of carboxylic acid groups (broad SMARTS) is 1. The van der Waals surface area contributed by atoms with Crippen molar-refractivity contribution in [3.05, 3.63) is 0 Å². The molecule has 0 aliphatic carbocycles. The Bertz CT molecular complexity index is 474. The van der Waals surface area contributed by atoms with Crippen molar-refractivity contribution in [3.8, 4) is 0 Å². The fraction of sp³-hybridized carbons (Fsp3) is 0.889. The molecule has 1 N–H and O–H groups in total. The van der Waals surface area contributed by atoms with Gasteiger partial charge in [0, 0.05) is 13.1 Å². The van der Waals surface area contributed by atoms with Gasteiger partial charge in [-0.25, -0.2) is 9.59 Å². The van der Waals surface area contributed by atoms with Crippen LogP contribution < -0.4 is 0 Å². The molecule has 0 aromatic carbocycles. The van der Waals surface area contributed by atoms with Gasteiger partial charge in [-0.3, -0.25) is 4.90 Å². The molecular formula is C18H32N2O4. The van der Waals surface area contributed by atoms with E-state index < -0.39 is 23.7 Å². The number of carbonyl (C=O) groups excluding carboxylic acids is 1. The molecule has 2 aliphatic rings. The molecule has 2 rings (SSSR count). The van der Waals surface area contributed by atoms with Gasteiger partial charge in [-0.05, 0) is 64.5 Å². The van der Waals surface area contributed by atoms with Crippen molar-refractivity contribution in [2.45, 2.75) is 65.5 Å². The predicted molar refractivity (Wildman–Crippen MR) is 91.9 cm³/mol. The largest absolute Gasteiger partial charge is 0.480 e. The van der Waals surface area contributed by atoms with Gasteiger partial charge in [-0.1, -0.05) is 13.8 Å². The molecule has 6 heteroatoms. The van der Waals surface area contributed by atoms with Gasteiger partial charge in [0.15, 0.2) is 0 Å². The van der Waals surface area contributed by atoms with Crippen LogP contribution in [0.1, 0.15) is 53.9 Å². The molecule has 24 heavy (non-hydrogen) atoms. The SMILES string of the molecule is CC1(C)CCN(CC2CC(C(=O)O)N(C(=O)OC(C)(C)C)C2)CC1. The van der Waals surface area contributed by atoms with E-state index in [2.05, 4.69) is 18.7 Å². The van der Waals surface area contributed by atoms with E-state index in [0.29, 0.717) is 18.4 Å². The zero-order valence-corrected chi connectivity index (χ0v) is 15.7. The van der Waals surface area contributed by atoms with Gasteiger partial charge in [0.1, 0.15) is 11.6 Å². The Balaban J connectivity index is 1.94. The third kappa shape index (κ3) is 5.10. The normalized spacial score (nSPS) is 28.0. The number of nitrogens with zero attached hydrogens (tertiary/aromatic N) is 2. The summed E-state index contributed by atoms with van der Waals surface area (Å²) in [6.07, 6.45) is 2.32. The maximum Gasteiger partial charge on any atom is 0.411 e. The van der Waals surface area contributed by atoms with E-state index >= 15 is 0 Å². The number of piperidine rings is 1. The fourth-order valence-corrected chi connectivity index (χ4v) is 3.52. The maximum atomic E-state index is 12.3. The average molecular weight is 340 g/mol. The van der Waals surface area contributed by atoms with E-state index in [1.807, 2.05) is 0 Å². The topological polar surface area (TPSA) is 70.1 Å². The van der Waals surface area contributed by atoms with Crippen molar-refractivity contribution < 1.29 is 19.4 Å². The second-order valence-electron chi connectivity index (χ2n) is 9.05. The summed E-state index contributed by atoms with van der Waals surface area (Å²) in [7, 11) is 0. The molecule has 1 amide bonds. The molecule has 138 valence electrons. The highest BCUT2D eigenvalue weighted by Gasteiger charge is 2.42. The smallest absolute Gasteiger partial charge is 0.411 e. The Labute approximate surface area is 145 Å². The summed E-state index contributed by atoms with van der Waals surface area (Å²) in [5.74, 6) is -0.747. The van der Waals surface area contributed by atoms with E-state index in [9.17, 15) is 14.7 Å². The van der Waals surface area contributed by atoms with Gasteiger partial charge >= 0.3 is 12.1 Å². The van der Waals surface area contributed by atoms with Gasteiger partial charge < -0.3 is 14.7 Å². The van der Waals surface area contributed by atoms with Gasteiger partial charge in [0.25, 0.3) is 0 Å². The molecule has 0 aromatic heterocycles. The molecule has 2 fully saturated rings. The van der Waals surface area contributed by atoms with Crippen LogP contribution in [0, 0.1) is 11.3 Å². The second kappa shape index (κ2) is 6.90. The number of amides is 1. The lowest BCUT2D eigenvalue weighted by Crippen LogP contribution is -2.43. The van der Waals surface area contributed by atoms with Crippen LogP contribution >= 0.6 is 0 Å². The molecule has 0 bridgehead atoms. The Morgan fingerprint density at radius 2 is 1.79 bits per heavy atom. The Morgan fingerprint density at radius 3 is 2.29 bits per heavy atom. The van der Waals surface area contributed by atoms with E-state index in [-0.39, 0.29) is 5.92 Å². The Hall–Kier alpha value is -1.30. The molecule has 0 radical (unpaired) electrons. The first kappa shape index (κ1) is 19.0. The number of carbonyl (C=O) groups is 2. The maximum absolute atomic E-state index is 12.3. The van der Waals surface area contributed by atoms with Crippen LogP contribution in [-0.4, -0.2) is 64.8 Å². The first-order valence-corrected chi connectivity index (χ1v) is 8.92. The summed E-state index contributed by atoms with van der Waals surface area (Å²) in [4.78, 5) is 27.7. The lowest BCUT2D eigenvalue weighted by atomic mass is 9.82. The third-order valence-corrected chi connectivity index (χ3v) is 5.03. The summed E-state index contributed by atoms with van der Waals surface area (Å²) in [5, 5.41) is 9.46. The molecular weight excluding hydrogens is 308 g/mol. The Morgan fingerprint density at radius 1 is 1.21 bits per heavy atom. The van der Waals surface area contributed by atoms with Crippen molar-refractivity contribution in [2.24, 2.45) is 11.3 Å². The average Bonchev–Trinajstić information content (AvgIpc) is 2.83. The highest BCUT2D eigenvalue weighted by molar-refractivity contribution is 5.81. The number of rotatable bonds is 3. The van der Waals surface area contributed by atoms with Crippen molar-refractivity contribution in [2.75, 3.05) is 26.2 Å². The molecule has 2 atom stereocenters. The van der Waals surface area contributed by atoms with E-state index in [1.165, 1.54) is 4.90 Å². The van der Waals surface area contributed by atoms with E-state index in [4.69, 9.17) is 4.74 Å². The van der Waals surface area contributed by atoms with Crippen LogP contribution in [-0.2, 0) is 9.53 Å². The van der Waals surface area contributed by atoms with Crippen molar-refractivity contribution in [3.63, 3.8) is 0 Å². The molecule has 0 saturated carbocycles. The zero-order chi connectivity index (χ0) is 18.1. The molecule has 0 spiro atoms. The quantitative estimate of drug-likeness (QED) is 0.855. The standard InChI is InChI=1S/C18H32N2O4/c1-17(2,3)24-16(23)20-12-13(10-14(20)15(21)22)11-19-8-6-18(4,5)7-9-19/h13-14H,6-12H2,1-5H3,(H,21,22). The lowest BCUT2D eigenvalue weighted by molar-refractivity contribution is -0.142. The summed E-state index contributed by atoms with van der Waals surface area (Å²) in [6, 6.07) is -0.772. The fourth-order valence-electron chi connectivity index (χ4n) is 3.52. The molecule has 0 aromatic rings. The molecule has 2 unspecified atom stereocenters. The van der Waals surface area contributed by atoms with Crippen molar-refractivity contribution >= 4 is 12.1 Å². The number of ether oxygens (including phenoxy) is 1. The van der Waals surface area contributed by atoms with Gasteiger partial charge in [-0.2, -0.15) is 0 Å². The predicted octanol–water partition coefficient (Wildman–Crippen LogP) is 2.82. The number of hydrogen-bond acceptors (Lipinski definition) is 4. The second-order valence-corrected chi connectivity index (χ2v) is 9.05. The summed E-state index contributed by atoms with van der Waals surface area (Å²) in [6.45, 7) is 13.4. The van der Waals surface area contributed by atoms with Crippen LogP contribution in [0.4, 0.5) is 4.79 Å².